The SMILES string of the molecule is NCc1nnc2c(O)cccn12. The molecule has 0 saturated heterocycles. The predicted molar refractivity (Wildman–Crippen MR) is 42.5 cm³/mol. The Labute approximate surface area is 68.5 Å². The molecule has 0 bridgehead atoms. The second kappa shape index (κ2) is 2.46. The molecule has 0 aliphatic heterocycles. The highest BCUT2D eigenvalue weighted by atomic mass is 16.3. The van der Waals surface area contributed by atoms with E-state index in [1.54, 1.807) is 22.7 Å². The molecule has 0 saturated carbocycles. The smallest absolute Gasteiger partial charge is 0.203 e. The van der Waals surface area contributed by atoms with E-state index >= 15 is 0 Å². The fourth-order valence-corrected chi connectivity index (χ4v) is 1.09. The van der Waals surface area contributed by atoms with Gasteiger partial charge in [0.25, 0.3) is 0 Å². The lowest BCUT2D eigenvalue weighted by molar-refractivity contribution is 0.477. The van der Waals surface area contributed by atoms with Gasteiger partial charge in [-0.15, -0.1) is 10.2 Å². The van der Waals surface area contributed by atoms with Gasteiger partial charge in [-0.1, -0.05) is 0 Å². The van der Waals surface area contributed by atoms with Crippen molar-refractivity contribution in [2.75, 3.05) is 0 Å². The Balaban J connectivity index is 2.80. The van der Waals surface area contributed by atoms with Crippen molar-refractivity contribution >= 4 is 5.65 Å². The topological polar surface area (TPSA) is 76.4 Å². The van der Waals surface area contributed by atoms with E-state index in [-0.39, 0.29) is 5.75 Å². The summed E-state index contributed by atoms with van der Waals surface area (Å²) in [5, 5.41) is 16.9. The molecular formula is C7H8N4O. The van der Waals surface area contributed by atoms with E-state index < -0.39 is 0 Å². The van der Waals surface area contributed by atoms with Gasteiger partial charge >= 0.3 is 0 Å². The summed E-state index contributed by atoms with van der Waals surface area (Å²) in [6.45, 7) is 0.310. The molecule has 3 N–H and O–H groups in total. The van der Waals surface area contributed by atoms with Crippen molar-refractivity contribution in [1.29, 1.82) is 0 Å². The first-order valence-corrected chi connectivity index (χ1v) is 3.54. The van der Waals surface area contributed by atoms with Crippen LogP contribution in [0, 0.1) is 0 Å². The van der Waals surface area contributed by atoms with E-state index in [4.69, 9.17) is 5.73 Å². The van der Waals surface area contributed by atoms with Crippen LogP contribution in [0.2, 0.25) is 0 Å². The monoisotopic (exact) mass is 164 g/mol. The lowest BCUT2D eigenvalue weighted by Gasteiger charge is -1.96. The van der Waals surface area contributed by atoms with Crippen LogP contribution in [0.25, 0.3) is 5.65 Å². The Kier molecular flexibility index (Phi) is 1.44. The summed E-state index contributed by atoms with van der Waals surface area (Å²) in [7, 11) is 0. The van der Waals surface area contributed by atoms with Crippen LogP contribution in [0.5, 0.6) is 5.75 Å². The Bertz CT molecular complexity index is 409. The Hall–Kier alpha value is -1.62. The van der Waals surface area contributed by atoms with Gasteiger partial charge in [0.05, 0.1) is 6.54 Å². The molecule has 0 fully saturated rings. The first-order valence-electron chi connectivity index (χ1n) is 3.54. The molecule has 0 atom stereocenters. The molecule has 0 spiro atoms. The normalized spacial score (nSPS) is 10.8. The van der Waals surface area contributed by atoms with Gasteiger partial charge in [0.15, 0.2) is 11.6 Å². The summed E-state index contributed by atoms with van der Waals surface area (Å²) in [4.78, 5) is 0. The van der Waals surface area contributed by atoms with Crippen LogP contribution in [-0.2, 0) is 6.54 Å². The molecule has 62 valence electrons. The molecule has 2 aromatic heterocycles. The molecule has 0 aromatic carbocycles. The summed E-state index contributed by atoms with van der Waals surface area (Å²) in [5.74, 6) is 0.755. The minimum atomic E-state index is 0.115. The largest absolute Gasteiger partial charge is 0.504 e. The third-order valence-corrected chi connectivity index (χ3v) is 1.67. The molecule has 2 aromatic rings. The number of hydrogen-bond acceptors (Lipinski definition) is 4. The van der Waals surface area contributed by atoms with Crippen LogP contribution in [-0.4, -0.2) is 19.7 Å². The number of aromatic hydroxyl groups is 1. The summed E-state index contributed by atoms with van der Waals surface area (Å²) in [6, 6.07) is 3.27. The van der Waals surface area contributed by atoms with E-state index in [1.807, 2.05) is 0 Å². The first-order chi connectivity index (χ1) is 5.83. The third-order valence-electron chi connectivity index (χ3n) is 1.67. The number of fused-ring (bicyclic) bond motifs is 1. The summed E-state index contributed by atoms with van der Waals surface area (Å²) >= 11 is 0. The second-order valence-electron chi connectivity index (χ2n) is 2.41. The molecule has 0 aliphatic rings. The molecule has 5 nitrogen and oxygen atoms in total. The zero-order valence-electron chi connectivity index (χ0n) is 6.31. The summed E-state index contributed by atoms with van der Waals surface area (Å²) in [6.07, 6.45) is 1.76. The predicted octanol–water partition coefficient (Wildman–Crippen LogP) is -0.106. The molecule has 0 unspecified atom stereocenters. The standard InChI is InChI=1S/C7H8N4O/c8-4-6-9-10-7-5(12)2-1-3-11(6)7/h1-3,12H,4,8H2. The highest BCUT2D eigenvalue weighted by Gasteiger charge is 2.05. The van der Waals surface area contributed by atoms with E-state index in [2.05, 4.69) is 10.2 Å². The lowest BCUT2D eigenvalue weighted by atomic mass is 10.4. The quantitative estimate of drug-likeness (QED) is 0.616. The average molecular weight is 164 g/mol. The highest BCUT2D eigenvalue weighted by Crippen LogP contribution is 2.15. The van der Waals surface area contributed by atoms with E-state index in [1.165, 1.54) is 0 Å². The van der Waals surface area contributed by atoms with Crippen molar-refractivity contribution in [3.8, 4) is 5.75 Å². The molecule has 0 radical (unpaired) electrons. The number of nitrogens with zero attached hydrogens (tertiary/aromatic N) is 3. The maximum atomic E-state index is 9.32. The zero-order valence-corrected chi connectivity index (χ0v) is 6.31. The van der Waals surface area contributed by atoms with Gasteiger partial charge in [0.2, 0.25) is 5.65 Å². The van der Waals surface area contributed by atoms with Gasteiger partial charge in [-0.25, -0.2) is 0 Å². The number of pyridine rings is 1. The number of aromatic nitrogens is 3. The first kappa shape index (κ1) is 7.05. The zero-order chi connectivity index (χ0) is 8.55. The van der Waals surface area contributed by atoms with E-state index in [0.717, 1.165) is 0 Å². The summed E-state index contributed by atoms with van der Waals surface area (Å²) < 4.78 is 1.66. The maximum Gasteiger partial charge on any atom is 0.203 e. The third kappa shape index (κ3) is 0.835. The van der Waals surface area contributed by atoms with Crippen LogP contribution >= 0.6 is 0 Å². The van der Waals surface area contributed by atoms with Gasteiger partial charge in [0, 0.05) is 6.20 Å². The lowest BCUT2D eigenvalue weighted by Crippen LogP contribution is -2.01. The average Bonchev–Trinajstić information content (AvgIpc) is 2.49. The summed E-state index contributed by atoms with van der Waals surface area (Å²) in [5.41, 5.74) is 5.85. The van der Waals surface area contributed by atoms with Gasteiger partial charge in [-0.05, 0) is 12.1 Å². The molecule has 12 heavy (non-hydrogen) atoms. The highest BCUT2D eigenvalue weighted by molar-refractivity contribution is 5.51. The molecule has 2 rings (SSSR count). The maximum absolute atomic E-state index is 9.32. The van der Waals surface area contributed by atoms with Crippen molar-refractivity contribution in [3.63, 3.8) is 0 Å². The number of hydrogen-bond donors (Lipinski definition) is 2. The second-order valence-corrected chi connectivity index (χ2v) is 2.41. The molecule has 0 amide bonds. The van der Waals surface area contributed by atoms with Gasteiger partial charge in [0.1, 0.15) is 0 Å². The van der Waals surface area contributed by atoms with Crippen molar-refractivity contribution < 1.29 is 5.11 Å². The Morgan fingerprint density at radius 1 is 1.50 bits per heavy atom. The Morgan fingerprint density at radius 3 is 3.08 bits per heavy atom. The van der Waals surface area contributed by atoms with Crippen molar-refractivity contribution in [3.05, 3.63) is 24.2 Å². The molecule has 0 aliphatic carbocycles. The van der Waals surface area contributed by atoms with E-state index in [0.29, 0.717) is 18.0 Å². The Morgan fingerprint density at radius 2 is 2.33 bits per heavy atom. The molecule has 5 heteroatoms. The van der Waals surface area contributed by atoms with Crippen LogP contribution in [0.15, 0.2) is 18.3 Å². The fraction of sp³-hybridized carbons (Fsp3) is 0.143. The minimum Gasteiger partial charge on any atom is -0.504 e. The van der Waals surface area contributed by atoms with Crippen LogP contribution < -0.4 is 5.73 Å². The number of rotatable bonds is 1. The fourth-order valence-electron chi connectivity index (χ4n) is 1.09. The van der Waals surface area contributed by atoms with Crippen LogP contribution in [0.4, 0.5) is 0 Å². The minimum absolute atomic E-state index is 0.115. The van der Waals surface area contributed by atoms with Crippen molar-refractivity contribution in [1.82, 2.24) is 14.6 Å². The van der Waals surface area contributed by atoms with Crippen LogP contribution in [0.1, 0.15) is 5.82 Å². The van der Waals surface area contributed by atoms with Crippen LogP contribution in [0.3, 0.4) is 0 Å². The van der Waals surface area contributed by atoms with E-state index in [9.17, 15) is 5.11 Å². The van der Waals surface area contributed by atoms with Gasteiger partial charge in [-0.3, -0.25) is 4.40 Å². The van der Waals surface area contributed by atoms with Crippen molar-refractivity contribution in [2.24, 2.45) is 5.73 Å². The molecular weight excluding hydrogens is 156 g/mol. The van der Waals surface area contributed by atoms with Gasteiger partial charge < -0.3 is 10.8 Å². The van der Waals surface area contributed by atoms with Gasteiger partial charge in [-0.2, -0.15) is 0 Å². The number of nitrogens with two attached hydrogens (primary N) is 1. The van der Waals surface area contributed by atoms with Crippen molar-refractivity contribution in [2.45, 2.75) is 6.54 Å². The molecule has 2 heterocycles.